The van der Waals surface area contributed by atoms with Gasteiger partial charge in [0.05, 0.1) is 11.8 Å². The largest absolute Gasteiger partial charge is 0.484 e. The van der Waals surface area contributed by atoms with E-state index in [1.165, 1.54) is 6.07 Å². The first kappa shape index (κ1) is 18.4. The number of carbonyl (C=O) groups excluding carboxylic acids is 1. The fourth-order valence-electron chi connectivity index (χ4n) is 2.07. The average Bonchev–Trinajstić information content (AvgIpc) is 2.52. The minimum Gasteiger partial charge on any atom is -0.484 e. The molecular formula is C18H17ClFNO2S. The highest BCUT2D eigenvalue weighted by molar-refractivity contribution is 7.80. The topological polar surface area (TPSA) is 38.3 Å². The maximum absolute atomic E-state index is 14.1. The molecule has 2 aromatic carbocycles. The highest BCUT2D eigenvalue weighted by atomic mass is 35.5. The van der Waals surface area contributed by atoms with Crippen LogP contribution in [-0.4, -0.2) is 17.1 Å². The lowest BCUT2D eigenvalue weighted by Gasteiger charge is -2.13. The normalized spacial score (nSPS) is 10.5. The first-order valence-corrected chi connectivity index (χ1v) is 8.19. The van der Waals surface area contributed by atoms with E-state index in [2.05, 4.69) is 5.32 Å². The molecule has 0 heterocycles. The van der Waals surface area contributed by atoms with E-state index in [-0.39, 0.29) is 23.2 Å². The summed E-state index contributed by atoms with van der Waals surface area (Å²) in [6.45, 7) is 3.73. The molecule has 0 atom stereocenters. The molecule has 24 heavy (non-hydrogen) atoms. The molecule has 0 spiro atoms. The third kappa shape index (κ3) is 5.01. The molecule has 6 heteroatoms. The maximum atomic E-state index is 14.1. The smallest absolute Gasteiger partial charge is 0.255 e. The fourth-order valence-corrected chi connectivity index (χ4v) is 2.63. The molecule has 0 aliphatic rings. The van der Waals surface area contributed by atoms with Gasteiger partial charge in [-0.1, -0.05) is 29.8 Å². The molecule has 0 saturated carbocycles. The summed E-state index contributed by atoms with van der Waals surface area (Å²) in [7, 11) is 0. The quantitative estimate of drug-likeness (QED) is 0.755. The van der Waals surface area contributed by atoms with E-state index in [1.54, 1.807) is 30.3 Å². The van der Waals surface area contributed by atoms with E-state index >= 15 is 0 Å². The first-order valence-electron chi connectivity index (χ1n) is 7.40. The minimum absolute atomic E-state index is 0.0472. The molecule has 126 valence electrons. The molecule has 0 bridgehead atoms. The Balaban J connectivity index is 2.20. The van der Waals surface area contributed by atoms with Gasteiger partial charge in [-0.15, -0.1) is 0 Å². The van der Waals surface area contributed by atoms with Gasteiger partial charge in [0.25, 0.3) is 5.91 Å². The predicted molar refractivity (Wildman–Crippen MR) is 98.3 cm³/mol. The highest BCUT2D eigenvalue weighted by Crippen LogP contribution is 2.26. The van der Waals surface area contributed by atoms with Crippen LogP contribution in [0, 0.1) is 5.82 Å². The molecule has 2 aromatic rings. The standard InChI is InChI=1S/C18H17ClFNO2S/c1-11(2)23-17(24)9-13-8-16(15(20)10-14(13)19)21-18(22)12-6-4-3-5-7-12/h3-8,10-11H,9H2,1-2H3,(H,21,22). The van der Waals surface area contributed by atoms with Crippen LogP contribution in [0.5, 0.6) is 0 Å². The number of carbonyl (C=O) groups is 1. The lowest BCUT2D eigenvalue weighted by molar-refractivity contribution is 0.102. The molecule has 1 N–H and O–H groups in total. The number of ether oxygens (including phenoxy) is 1. The van der Waals surface area contributed by atoms with Crippen molar-refractivity contribution >= 4 is 40.5 Å². The molecule has 1 amide bonds. The van der Waals surface area contributed by atoms with Crippen molar-refractivity contribution in [1.29, 1.82) is 0 Å². The van der Waals surface area contributed by atoms with E-state index < -0.39 is 11.7 Å². The van der Waals surface area contributed by atoms with Gasteiger partial charge in [-0.05, 0) is 55.9 Å². The SMILES string of the molecule is CC(C)OC(=S)Cc1cc(NC(=O)c2ccccc2)c(F)cc1Cl. The molecule has 0 aliphatic heterocycles. The van der Waals surface area contributed by atoms with Crippen molar-refractivity contribution in [1.82, 2.24) is 0 Å². The Morgan fingerprint density at radius 1 is 1.29 bits per heavy atom. The minimum atomic E-state index is -0.608. The van der Waals surface area contributed by atoms with Gasteiger partial charge >= 0.3 is 0 Å². The number of benzene rings is 2. The molecule has 2 rings (SSSR count). The van der Waals surface area contributed by atoms with Crippen LogP contribution in [0.15, 0.2) is 42.5 Å². The molecule has 3 nitrogen and oxygen atoms in total. The van der Waals surface area contributed by atoms with Gasteiger partial charge < -0.3 is 10.1 Å². The fraction of sp³-hybridized carbons (Fsp3) is 0.222. The van der Waals surface area contributed by atoms with Gasteiger partial charge in [-0.25, -0.2) is 4.39 Å². The number of amides is 1. The molecule has 0 aliphatic carbocycles. The number of hydrogen-bond donors (Lipinski definition) is 1. The van der Waals surface area contributed by atoms with Gasteiger partial charge in [-0.3, -0.25) is 4.79 Å². The lowest BCUT2D eigenvalue weighted by atomic mass is 10.1. The van der Waals surface area contributed by atoms with Crippen molar-refractivity contribution in [2.24, 2.45) is 0 Å². The Bertz CT molecular complexity index is 750. The van der Waals surface area contributed by atoms with Gasteiger partial charge in [-0.2, -0.15) is 0 Å². The number of hydrogen-bond acceptors (Lipinski definition) is 3. The van der Waals surface area contributed by atoms with Crippen LogP contribution in [0.2, 0.25) is 5.02 Å². The van der Waals surface area contributed by atoms with Crippen LogP contribution in [0.25, 0.3) is 0 Å². The van der Waals surface area contributed by atoms with E-state index in [0.29, 0.717) is 16.2 Å². The van der Waals surface area contributed by atoms with Crippen molar-refractivity contribution in [2.45, 2.75) is 26.4 Å². The Labute approximate surface area is 150 Å². The van der Waals surface area contributed by atoms with E-state index in [0.717, 1.165) is 6.07 Å². The zero-order valence-corrected chi connectivity index (χ0v) is 14.9. The van der Waals surface area contributed by atoms with Crippen LogP contribution in [-0.2, 0) is 11.2 Å². The summed E-state index contributed by atoms with van der Waals surface area (Å²) in [6, 6.07) is 11.2. The third-order valence-corrected chi connectivity index (χ3v) is 3.71. The predicted octanol–water partition coefficient (Wildman–Crippen LogP) is 5.03. The van der Waals surface area contributed by atoms with Crippen LogP contribution < -0.4 is 5.32 Å². The number of nitrogens with one attached hydrogen (secondary N) is 1. The van der Waals surface area contributed by atoms with Crippen LogP contribution in [0.4, 0.5) is 10.1 Å². The Hall–Kier alpha value is -1.98. The second-order valence-electron chi connectivity index (χ2n) is 5.46. The summed E-state index contributed by atoms with van der Waals surface area (Å²) >= 11 is 11.2. The van der Waals surface area contributed by atoms with Gasteiger partial charge in [0.1, 0.15) is 5.82 Å². The van der Waals surface area contributed by atoms with Gasteiger partial charge in [0.15, 0.2) is 5.05 Å². The maximum Gasteiger partial charge on any atom is 0.255 e. The highest BCUT2D eigenvalue weighted by Gasteiger charge is 2.14. The van der Waals surface area contributed by atoms with Crippen molar-refractivity contribution in [3.63, 3.8) is 0 Å². The number of thiocarbonyl (C=S) groups is 1. The van der Waals surface area contributed by atoms with Gasteiger partial charge in [0, 0.05) is 17.0 Å². The van der Waals surface area contributed by atoms with Crippen LogP contribution in [0.1, 0.15) is 29.8 Å². The number of halogens is 2. The van der Waals surface area contributed by atoms with Crippen molar-refractivity contribution in [3.8, 4) is 0 Å². The lowest BCUT2D eigenvalue weighted by Crippen LogP contribution is -2.15. The van der Waals surface area contributed by atoms with Crippen LogP contribution in [0.3, 0.4) is 0 Å². The van der Waals surface area contributed by atoms with Crippen molar-refractivity contribution in [3.05, 3.63) is 64.4 Å². The van der Waals surface area contributed by atoms with Gasteiger partial charge in [0.2, 0.25) is 0 Å². The number of anilines is 1. The second-order valence-corrected chi connectivity index (χ2v) is 6.32. The first-order chi connectivity index (χ1) is 11.4. The van der Waals surface area contributed by atoms with E-state index in [1.807, 2.05) is 13.8 Å². The molecule has 0 radical (unpaired) electrons. The monoisotopic (exact) mass is 365 g/mol. The van der Waals surface area contributed by atoms with Crippen LogP contribution >= 0.6 is 23.8 Å². The summed E-state index contributed by atoms with van der Waals surface area (Å²) in [6.07, 6.45) is 0.217. The zero-order chi connectivity index (χ0) is 17.7. The zero-order valence-electron chi connectivity index (χ0n) is 13.3. The van der Waals surface area contributed by atoms with E-state index in [4.69, 9.17) is 28.6 Å². The Morgan fingerprint density at radius 3 is 2.58 bits per heavy atom. The Morgan fingerprint density at radius 2 is 1.96 bits per heavy atom. The van der Waals surface area contributed by atoms with Crippen molar-refractivity contribution < 1.29 is 13.9 Å². The number of rotatable bonds is 5. The molecule has 0 saturated heterocycles. The summed E-state index contributed by atoms with van der Waals surface area (Å²) in [5.41, 5.74) is 1.08. The Kier molecular flexibility index (Phi) is 6.29. The molecule has 0 aromatic heterocycles. The average molecular weight is 366 g/mol. The summed E-state index contributed by atoms with van der Waals surface area (Å²) in [5.74, 6) is -1.01. The molecule has 0 unspecified atom stereocenters. The molecular weight excluding hydrogens is 349 g/mol. The summed E-state index contributed by atoms with van der Waals surface area (Å²) < 4.78 is 19.5. The third-order valence-electron chi connectivity index (χ3n) is 3.12. The second kappa shape index (κ2) is 8.22. The van der Waals surface area contributed by atoms with Crippen molar-refractivity contribution in [2.75, 3.05) is 5.32 Å². The summed E-state index contributed by atoms with van der Waals surface area (Å²) in [4.78, 5) is 12.2. The molecule has 0 fully saturated rings. The van der Waals surface area contributed by atoms with E-state index in [9.17, 15) is 9.18 Å². The summed E-state index contributed by atoms with van der Waals surface area (Å²) in [5, 5.41) is 3.15.